The normalized spacial score (nSPS) is 27.4. The molecule has 10 heteroatoms. The summed E-state index contributed by atoms with van der Waals surface area (Å²) in [4.78, 5) is 18.4. The first kappa shape index (κ1) is 15.4. The van der Waals surface area contributed by atoms with Crippen molar-refractivity contribution in [2.75, 3.05) is 19.5 Å². The predicted octanol–water partition coefficient (Wildman–Crippen LogP) is -1.56. The fraction of sp³-hybridized carbons (Fsp3) is 0.462. The second-order valence-corrected chi connectivity index (χ2v) is 5.15. The quantitative estimate of drug-likeness (QED) is 0.528. The number of ether oxygens (including phenoxy) is 2. The molecule has 0 spiro atoms. The van der Waals surface area contributed by atoms with Crippen LogP contribution in [0.4, 0.5) is 5.95 Å². The number of nitrogens with two attached hydrogens (primary N) is 1. The van der Waals surface area contributed by atoms with Crippen LogP contribution in [0.1, 0.15) is 11.8 Å². The van der Waals surface area contributed by atoms with E-state index in [1.54, 1.807) is 0 Å². The molecular weight excluding hydrogens is 306 g/mol. The SMILES string of the molecule is CO[C@@H]1C(O)[C@@H](CO)O[C@H]1n1cc(C#N)c2c(=O)[nH]c(N)nc21. The Morgan fingerprint density at radius 3 is 3.00 bits per heavy atom. The Labute approximate surface area is 129 Å². The molecule has 0 aliphatic carbocycles. The van der Waals surface area contributed by atoms with Crippen molar-refractivity contribution in [3.8, 4) is 6.07 Å². The van der Waals surface area contributed by atoms with Gasteiger partial charge in [-0.3, -0.25) is 9.78 Å². The molecule has 3 rings (SSSR count). The topological polar surface area (TPSA) is 159 Å². The molecule has 0 aromatic carbocycles. The molecule has 3 heterocycles. The summed E-state index contributed by atoms with van der Waals surface area (Å²) in [5, 5.41) is 28.7. The highest BCUT2D eigenvalue weighted by atomic mass is 16.6. The van der Waals surface area contributed by atoms with Gasteiger partial charge in [0.1, 0.15) is 29.8 Å². The lowest BCUT2D eigenvalue weighted by molar-refractivity contribution is -0.0580. The van der Waals surface area contributed by atoms with E-state index in [9.17, 15) is 20.3 Å². The Morgan fingerprint density at radius 2 is 2.39 bits per heavy atom. The van der Waals surface area contributed by atoms with Crippen LogP contribution >= 0.6 is 0 Å². The molecule has 23 heavy (non-hydrogen) atoms. The molecule has 1 saturated heterocycles. The molecule has 2 aromatic heterocycles. The van der Waals surface area contributed by atoms with Gasteiger partial charge in [-0.05, 0) is 0 Å². The lowest BCUT2D eigenvalue weighted by Gasteiger charge is -2.20. The van der Waals surface area contributed by atoms with Crippen molar-refractivity contribution in [2.24, 2.45) is 0 Å². The fourth-order valence-electron chi connectivity index (χ4n) is 2.80. The van der Waals surface area contributed by atoms with Crippen LogP contribution in [0.25, 0.3) is 11.0 Å². The van der Waals surface area contributed by atoms with Gasteiger partial charge < -0.3 is 30.0 Å². The van der Waals surface area contributed by atoms with Gasteiger partial charge in [0.2, 0.25) is 5.95 Å². The third kappa shape index (κ3) is 2.27. The molecule has 0 saturated carbocycles. The number of hydrogen-bond acceptors (Lipinski definition) is 8. The van der Waals surface area contributed by atoms with Gasteiger partial charge >= 0.3 is 0 Å². The van der Waals surface area contributed by atoms with Gasteiger partial charge in [0.05, 0.1) is 12.2 Å². The number of nitrogens with one attached hydrogen (secondary N) is 1. The van der Waals surface area contributed by atoms with E-state index < -0.39 is 36.7 Å². The van der Waals surface area contributed by atoms with Crippen LogP contribution < -0.4 is 11.3 Å². The van der Waals surface area contributed by atoms with Crippen molar-refractivity contribution >= 4 is 17.0 Å². The van der Waals surface area contributed by atoms with Crippen LogP contribution in [0.3, 0.4) is 0 Å². The number of H-pyrrole nitrogens is 1. The second-order valence-electron chi connectivity index (χ2n) is 5.15. The number of nitriles is 1. The number of aliphatic hydroxyl groups is 2. The van der Waals surface area contributed by atoms with Crippen molar-refractivity contribution in [2.45, 2.75) is 24.5 Å². The number of anilines is 1. The Morgan fingerprint density at radius 1 is 1.65 bits per heavy atom. The minimum Gasteiger partial charge on any atom is -0.394 e. The zero-order chi connectivity index (χ0) is 16.7. The van der Waals surface area contributed by atoms with E-state index in [-0.39, 0.29) is 22.5 Å². The van der Waals surface area contributed by atoms with Gasteiger partial charge in [0.15, 0.2) is 11.9 Å². The molecule has 0 amide bonds. The largest absolute Gasteiger partial charge is 0.394 e. The van der Waals surface area contributed by atoms with Gasteiger partial charge in [-0.2, -0.15) is 10.2 Å². The van der Waals surface area contributed by atoms with Gasteiger partial charge in [0, 0.05) is 13.3 Å². The Kier molecular flexibility index (Phi) is 3.78. The van der Waals surface area contributed by atoms with E-state index in [1.165, 1.54) is 17.9 Å². The number of aromatic amines is 1. The molecule has 1 aliphatic heterocycles. The number of nitrogen functional groups attached to an aromatic ring is 1. The van der Waals surface area contributed by atoms with Gasteiger partial charge in [-0.15, -0.1) is 0 Å². The number of methoxy groups -OCH3 is 1. The van der Waals surface area contributed by atoms with Crippen molar-refractivity contribution in [3.05, 3.63) is 22.1 Å². The van der Waals surface area contributed by atoms with E-state index >= 15 is 0 Å². The summed E-state index contributed by atoms with van der Waals surface area (Å²) in [6, 6.07) is 1.91. The summed E-state index contributed by atoms with van der Waals surface area (Å²) in [6.45, 7) is -0.405. The predicted molar refractivity (Wildman–Crippen MR) is 77.3 cm³/mol. The molecule has 10 nitrogen and oxygen atoms in total. The third-order valence-corrected chi connectivity index (χ3v) is 3.86. The van der Waals surface area contributed by atoms with Crippen LogP contribution in [0.5, 0.6) is 0 Å². The molecule has 0 bridgehead atoms. The number of aromatic nitrogens is 3. The monoisotopic (exact) mass is 321 g/mol. The van der Waals surface area contributed by atoms with E-state index in [0.29, 0.717) is 0 Å². The third-order valence-electron chi connectivity index (χ3n) is 3.86. The molecule has 5 N–H and O–H groups in total. The lowest BCUT2D eigenvalue weighted by atomic mass is 10.1. The average Bonchev–Trinajstić information content (AvgIpc) is 3.04. The highest BCUT2D eigenvalue weighted by Crippen LogP contribution is 2.34. The molecule has 4 atom stereocenters. The summed E-state index contributed by atoms with van der Waals surface area (Å²) in [5.41, 5.74) is 5.25. The second kappa shape index (κ2) is 5.64. The molecule has 1 aliphatic rings. The van der Waals surface area contributed by atoms with Crippen LogP contribution in [0.2, 0.25) is 0 Å². The molecule has 0 radical (unpaired) electrons. The Hall–Kier alpha value is -2.45. The number of hydrogen-bond donors (Lipinski definition) is 4. The Balaban J connectivity index is 2.21. The summed E-state index contributed by atoms with van der Waals surface area (Å²) in [6.07, 6.45) is -2.22. The van der Waals surface area contributed by atoms with Crippen molar-refractivity contribution in [1.29, 1.82) is 5.26 Å². The highest BCUT2D eigenvalue weighted by molar-refractivity contribution is 5.83. The smallest absolute Gasteiger partial charge is 0.263 e. The van der Waals surface area contributed by atoms with Crippen molar-refractivity contribution < 1.29 is 19.7 Å². The van der Waals surface area contributed by atoms with Gasteiger partial charge in [-0.1, -0.05) is 0 Å². The maximum Gasteiger partial charge on any atom is 0.263 e. The summed E-state index contributed by atoms with van der Waals surface area (Å²) in [7, 11) is 1.38. The summed E-state index contributed by atoms with van der Waals surface area (Å²) in [5.74, 6) is -0.113. The van der Waals surface area contributed by atoms with Crippen LogP contribution in [0, 0.1) is 11.3 Å². The maximum atomic E-state index is 12.0. The minimum atomic E-state index is -1.07. The molecule has 122 valence electrons. The molecule has 2 aromatic rings. The number of nitrogens with zero attached hydrogens (tertiary/aromatic N) is 3. The van der Waals surface area contributed by atoms with Crippen molar-refractivity contribution in [1.82, 2.24) is 14.5 Å². The van der Waals surface area contributed by atoms with E-state index in [4.69, 9.17) is 15.2 Å². The fourth-order valence-corrected chi connectivity index (χ4v) is 2.80. The lowest BCUT2D eigenvalue weighted by Crippen LogP contribution is -2.34. The minimum absolute atomic E-state index is 0.0714. The van der Waals surface area contributed by atoms with E-state index in [1.807, 2.05) is 6.07 Å². The summed E-state index contributed by atoms with van der Waals surface area (Å²) >= 11 is 0. The van der Waals surface area contributed by atoms with Crippen LogP contribution in [-0.2, 0) is 9.47 Å². The first-order chi connectivity index (χ1) is 11.0. The first-order valence-corrected chi connectivity index (χ1v) is 6.79. The number of aliphatic hydroxyl groups excluding tert-OH is 2. The van der Waals surface area contributed by atoms with Crippen LogP contribution in [-0.4, -0.2) is 56.8 Å². The highest BCUT2D eigenvalue weighted by Gasteiger charge is 2.45. The number of fused-ring (bicyclic) bond motifs is 1. The van der Waals surface area contributed by atoms with Crippen LogP contribution in [0.15, 0.2) is 11.0 Å². The van der Waals surface area contributed by atoms with E-state index in [2.05, 4.69) is 9.97 Å². The maximum absolute atomic E-state index is 12.0. The molecular formula is C13H15N5O5. The number of rotatable bonds is 3. The molecule has 1 fully saturated rings. The van der Waals surface area contributed by atoms with E-state index in [0.717, 1.165) is 0 Å². The standard InChI is InChI=1S/C13H15N5O5/c1-22-9-8(20)6(4-19)23-12(9)18-3-5(2-14)7-10(18)16-13(15)17-11(7)21/h3,6,8-9,12,19-20H,4H2,1H3,(H3,15,16,17,21)/t6-,8?,9-,12-/m1/s1. The zero-order valence-electron chi connectivity index (χ0n) is 12.1. The van der Waals surface area contributed by atoms with Crippen molar-refractivity contribution in [3.63, 3.8) is 0 Å². The first-order valence-electron chi connectivity index (χ1n) is 6.79. The Bertz CT molecular complexity index is 838. The summed E-state index contributed by atoms with van der Waals surface area (Å²) < 4.78 is 12.2. The average molecular weight is 321 g/mol. The zero-order valence-corrected chi connectivity index (χ0v) is 12.1. The van der Waals surface area contributed by atoms with Gasteiger partial charge in [0.25, 0.3) is 5.56 Å². The van der Waals surface area contributed by atoms with Gasteiger partial charge in [-0.25, -0.2) is 0 Å². The molecule has 1 unspecified atom stereocenters.